The van der Waals surface area contributed by atoms with E-state index in [4.69, 9.17) is 33.7 Å². The highest BCUT2D eigenvalue weighted by Crippen LogP contribution is 2.29. The lowest BCUT2D eigenvalue weighted by Crippen LogP contribution is -2.22. The Kier molecular flexibility index (Phi) is 5.02. The van der Waals surface area contributed by atoms with Crippen LogP contribution in [0.4, 0.5) is 4.79 Å². The molecule has 2 N–H and O–H groups in total. The summed E-state index contributed by atoms with van der Waals surface area (Å²) in [5.74, 6) is 0.284. The third-order valence-corrected chi connectivity index (χ3v) is 2.72. The van der Waals surface area contributed by atoms with Crippen LogP contribution in [0.3, 0.4) is 0 Å². The van der Waals surface area contributed by atoms with Gasteiger partial charge in [0, 0.05) is 12.1 Å². The molecule has 0 aromatic carbocycles. The molecule has 0 bridgehead atoms. The average molecular weight is 277 g/mol. The van der Waals surface area contributed by atoms with Gasteiger partial charge in [0.2, 0.25) is 0 Å². The molecule has 1 atom stereocenters. The number of pyridine rings is 1. The van der Waals surface area contributed by atoms with Gasteiger partial charge < -0.3 is 10.5 Å². The largest absolute Gasteiger partial charge is 0.440 e. The van der Waals surface area contributed by atoms with Crippen LogP contribution in [0.25, 0.3) is 0 Å². The van der Waals surface area contributed by atoms with E-state index in [2.05, 4.69) is 4.98 Å². The van der Waals surface area contributed by atoms with Crippen molar-refractivity contribution < 1.29 is 9.53 Å². The monoisotopic (exact) mass is 276 g/mol. The van der Waals surface area contributed by atoms with Crippen molar-refractivity contribution in [3.63, 3.8) is 0 Å². The zero-order chi connectivity index (χ0) is 13.0. The van der Waals surface area contributed by atoms with Gasteiger partial charge in [0.15, 0.2) is 0 Å². The lowest BCUT2D eigenvalue weighted by molar-refractivity contribution is 0.0752. The Balaban J connectivity index is 3.13. The minimum atomic E-state index is -0.832. The van der Waals surface area contributed by atoms with Gasteiger partial charge in [-0.05, 0) is 17.5 Å². The molecule has 1 rings (SSSR count). The number of hydrogen-bond acceptors (Lipinski definition) is 3. The van der Waals surface area contributed by atoms with Crippen molar-refractivity contribution in [2.24, 2.45) is 11.7 Å². The molecule has 0 fully saturated rings. The molecule has 0 saturated carbocycles. The van der Waals surface area contributed by atoms with E-state index >= 15 is 0 Å². The van der Waals surface area contributed by atoms with Crippen LogP contribution in [0, 0.1) is 5.92 Å². The Labute approximate surface area is 110 Å². The molecule has 0 spiro atoms. The molecule has 1 amide bonds. The predicted octanol–water partition coefficient (Wildman–Crippen LogP) is 3.27. The van der Waals surface area contributed by atoms with E-state index < -0.39 is 12.2 Å². The topological polar surface area (TPSA) is 65.2 Å². The van der Waals surface area contributed by atoms with E-state index in [1.54, 1.807) is 6.07 Å². The molecular formula is C11H14Cl2N2O2. The summed E-state index contributed by atoms with van der Waals surface area (Å²) in [7, 11) is 0. The SMILES string of the molecule is CC(C)[C@@H](OC(N)=O)c1ncc(Cl)cc1CCl. The Morgan fingerprint density at radius 1 is 1.59 bits per heavy atom. The molecule has 6 heteroatoms. The summed E-state index contributed by atoms with van der Waals surface area (Å²) in [6.45, 7) is 3.81. The van der Waals surface area contributed by atoms with Crippen molar-refractivity contribution in [3.05, 3.63) is 28.5 Å². The second-order valence-electron chi connectivity index (χ2n) is 3.93. The maximum absolute atomic E-state index is 10.9. The van der Waals surface area contributed by atoms with Crippen molar-refractivity contribution in [3.8, 4) is 0 Å². The van der Waals surface area contributed by atoms with Crippen LogP contribution in [0.5, 0.6) is 0 Å². The van der Waals surface area contributed by atoms with Crippen molar-refractivity contribution in [1.82, 2.24) is 4.98 Å². The van der Waals surface area contributed by atoms with Gasteiger partial charge >= 0.3 is 6.09 Å². The first-order valence-corrected chi connectivity index (χ1v) is 6.03. The van der Waals surface area contributed by atoms with E-state index in [9.17, 15) is 4.79 Å². The van der Waals surface area contributed by atoms with E-state index in [1.807, 2.05) is 13.8 Å². The van der Waals surface area contributed by atoms with Gasteiger partial charge in [-0.3, -0.25) is 4.98 Å². The molecule has 1 aromatic heterocycles. The first-order valence-electron chi connectivity index (χ1n) is 5.12. The number of ether oxygens (including phenoxy) is 1. The molecule has 0 unspecified atom stereocenters. The van der Waals surface area contributed by atoms with Crippen LogP contribution < -0.4 is 5.73 Å². The lowest BCUT2D eigenvalue weighted by atomic mass is 10.0. The summed E-state index contributed by atoms with van der Waals surface area (Å²) in [5, 5.41) is 0.492. The van der Waals surface area contributed by atoms with Crippen LogP contribution in [0.2, 0.25) is 5.02 Å². The van der Waals surface area contributed by atoms with E-state index in [-0.39, 0.29) is 11.8 Å². The molecule has 17 heavy (non-hydrogen) atoms. The third-order valence-electron chi connectivity index (χ3n) is 2.23. The van der Waals surface area contributed by atoms with Gasteiger partial charge in [-0.15, -0.1) is 11.6 Å². The minimum absolute atomic E-state index is 0.0399. The molecule has 1 aromatic rings. The number of rotatable bonds is 4. The molecule has 0 aliphatic carbocycles. The second kappa shape index (κ2) is 6.07. The molecule has 1 heterocycles. The Morgan fingerprint density at radius 3 is 2.71 bits per heavy atom. The smallest absolute Gasteiger partial charge is 0.405 e. The number of amides is 1. The predicted molar refractivity (Wildman–Crippen MR) is 67.1 cm³/mol. The molecule has 0 aliphatic heterocycles. The van der Waals surface area contributed by atoms with Gasteiger partial charge in [0.1, 0.15) is 6.10 Å². The highest BCUT2D eigenvalue weighted by molar-refractivity contribution is 6.30. The van der Waals surface area contributed by atoms with Crippen molar-refractivity contribution in [2.75, 3.05) is 0 Å². The van der Waals surface area contributed by atoms with E-state index in [1.165, 1.54) is 6.20 Å². The fourth-order valence-electron chi connectivity index (χ4n) is 1.49. The van der Waals surface area contributed by atoms with Crippen molar-refractivity contribution >= 4 is 29.3 Å². The number of carbonyl (C=O) groups is 1. The molecule has 0 radical (unpaired) electrons. The van der Waals surface area contributed by atoms with Crippen molar-refractivity contribution in [1.29, 1.82) is 0 Å². The normalized spacial score (nSPS) is 12.5. The van der Waals surface area contributed by atoms with Crippen LogP contribution in [0.1, 0.15) is 31.2 Å². The number of primary amides is 1. The fraction of sp³-hybridized carbons (Fsp3) is 0.455. The number of hydrogen-bond donors (Lipinski definition) is 1. The van der Waals surface area contributed by atoms with Crippen LogP contribution in [-0.4, -0.2) is 11.1 Å². The maximum Gasteiger partial charge on any atom is 0.405 e. The average Bonchev–Trinajstić information content (AvgIpc) is 2.25. The zero-order valence-electron chi connectivity index (χ0n) is 9.61. The lowest BCUT2D eigenvalue weighted by Gasteiger charge is -2.21. The second-order valence-corrected chi connectivity index (χ2v) is 4.64. The summed E-state index contributed by atoms with van der Waals surface area (Å²) >= 11 is 11.7. The van der Waals surface area contributed by atoms with Crippen LogP contribution in [-0.2, 0) is 10.6 Å². The summed E-state index contributed by atoms with van der Waals surface area (Å²) in [6, 6.07) is 1.70. The highest BCUT2D eigenvalue weighted by Gasteiger charge is 2.23. The Bertz CT molecular complexity index is 410. The Hall–Kier alpha value is -1.000. The molecule has 94 valence electrons. The molecule has 4 nitrogen and oxygen atoms in total. The third kappa shape index (κ3) is 3.75. The maximum atomic E-state index is 10.9. The van der Waals surface area contributed by atoms with Gasteiger partial charge in [-0.1, -0.05) is 25.4 Å². The van der Waals surface area contributed by atoms with Gasteiger partial charge in [0.05, 0.1) is 10.7 Å². The summed E-state index contributed by atoms with van der Waals surface area (Å²) in [5.41, 5.74) is 6.37. The minimum Gasteiger partial charge on any atom is -0.440 e. The summed E-state index contributed by atoms with van der Waals surface area (Å²) < 4.78 is 5.05. The first-order chi connectivity index (χ1) is 7.95. The molecular weight excluding hydrogens is 263 g/mol. The van der Waals surface area contributed by atoms with Crippen LogP contribution in [0.15, 0.2) is 12.3 Å². The Morgan fingerprint density at radius 2 is 2.24 bits per heavy atom. The first kappa shape index (κ1) is 14.1. The van der Waals surface area contributed by atoms with E-state index in [0.717, 1.165) is 5.56 Å². The number of carbonyl (C=O) groups excluding carboxylic acids is 1. The molecule has 0 saturated heterocycles. The number of nitrogens with zero attached hydrogens (tertiary/aromatic N) is 1. The quantitative estimate of drug-likeness (QED) is 0.859. The van der Waals surface area contributed by atoms with Crippen molar-refractivity contribution in [2.45, 2.75) is 25.8 Å². The fourth-order valence-corrected chi connectivity index (χ4v) is 1.88. The summed E-state index contributed by atoms with van der Waals surface area (Å²) in [4.78, 5) is 15.0. The van der Waals surface area contributed by atoms with Gasteiger partial charge in [0.25, 0.3) is 0 Å². The van der Waals surface area contributed by atoms with Gasteiger partial charge in [-0.2, -0.15) is 0 Å². The van der Waals surface area contributed by atoms with E-state index in [0.29, 0.717) is 10.7 Å². The number of alkyl halides is 1. The summed E-state index contributed by atoms with van der Waals surface area (Å²) in [6.07, 6.45) is 0.145. The van der Waals surface area contributed by atoms with Crippen LogP contribution >= 0.6 is 23.2 Å². The number of halogens is 2. The zero-order valence-corrected chi connectivity index (χ0v) is 11.1. The number of nitrogens with two attached hydrogens (primary N) is 1. The molecule has 0 aliphatic rings. The van der Waals surface area contributed by atoms with Gasteiger partial charge in [-0.25, -0.2) is 4.79 Å². The number of aromatic nitrogens is 1. The standard InChI is InChI=1S/C11H14Cl2N2O2/c1-6(2)10(17-11(14)16)9-7(4-12)3-8(13)5-15-9/h3,5-6,10H,4H2,1-2H3,(H2,14,16)/t10-/m1/s1. The highest BCUT2D eigenvalue weighted by atomic mass is 35.5.